The quantitative estimate of drug-likeness (QED) is 0.711. The van der Waals surface area contributed by atoms with Crippen LogP contribution in [0.25, 0.3) is 0 Å². The summed E-state index contributed by atoms with van der Waals surface area (Å²) in [6.45, 7) is 2.47. The Morgan fingerprint density at radius 3 is 2.26 bits per heavy atom. The minimum Gasteiger partial charge on any atom is -0.497 e. The molecule has 0 aliphatic carbocycles. The van der Waals surface area contributed by atoms with E-state index >= 15 is 0 Å². The van der Waals surface area contributed by atoms with E-state index in [0.29, 0.717) is 44.7 Å². The molecule has 0 unspecified atom stereocenters. The molecule has 8 nitrogen and oxygen atoms in total. The van der Waals surface area contributed by atoms with Crippen LogP contribution in [0.2, 0.25) is 0 Å². The van der Waals surface area contributed by atoms with Gasteiger partial charge in [0, 0.05) is 38.3 Å². The highest BCUT2D eigenvalue weighted by Crippen LogP contribution is 2.13. The van der Waals surface area contributed by atoms with Crippen molar-refractivity contribution in [3.8, 4) is 5.75 Å². The van der Waals surface area contributed by atoms with Crippen LogP contribution < -0.4 is 15.4 Å². The highest BCUT2D eigenvalue weighted by molar-refractivity contribution is 6.01. The van der Waals surface area contributed by atoms with Gasteiger partial charge < -0.3 is 15.0 Å². The molecule has 0 bridgehead atoms. The molecule has 31 heavy (non-hydrogen) atoms. The Morgan fingerprint density at radius 1 is 0.935 bits per heavy atom. The van der Waals surface area contributed by atoms with Gasteiger partial charge in [0.15, 0.2) is 0 Å². The number of hydrogen-bond donors (Lipinski definition) is 2. The summed E-state index contributed by atoms with van der Waals surface area (Å²) < 4.78 is 5.14. The summed E-state index contributed by atoms with van der Waals surface area (Å²) in [6.07, 6.45) is 1.13. The largest absolute Gasteiger partial charge is 0.497 e. The van der Waals surface area contributed by atoms with Crippen LogP contribution in [0.1, 0.15) is 12.0 Å². The van der Waals surface area contributed by atoms with Crippen LogP contribution >= 0.6 is 0 Å². The first kappa shape index (κ1) is 22.3. The molecule has 1 aliphatic heterocycles. The third kappa shape index (κ3) is 7.11. The zero-order valence-corrected chi connectivity index (χ0v) is 17.7. The van der Waals surface area contributed by atoms with Crippen molar-refractivity contribution in [1.29, 1.82) is 0 Å². The Kier molecular flexibility index (Phi) is 8.00. The highest BCUT2D eigenvalue weighted by atomic mass is 16.5. The van der Waals surface area contributed by atoms with E-state index < -0.39 is 6.03 Å². The number of hydrogen-bond acceptors (Lipinski definition) is 5. The standard InChI is InChI=1S/C23H28N4O4/c1-31-20-10-7-18(8-11-20)9-12-22(29)27-15-13-26(14-16-27)17-21(28)25-23(30)24-19-5-3-2-4-6-19/h2-8,10-11H,9,12-17H2,1H3,(H2,24,25,28,30). The number of anilines is 1. The van der Waals surface area contributed by atoms with E-state index in [1.54, 1.807) is 31.4 Å². The number of nitrogens with one attached hydrogen (secondary N) is 2. The van der Waals surface area contributed by atoms with Crippen LogP contribution in [0.3, 0.4) is 0 Å². The van der Waals surface area contributed by atoms with Crippen LogP contribution in [-0.2, 0) is 16.0 Å². The number of urea groups is 1. The van der Waals surface area contributed by atoms with Gasteiger partial charge in [0.2, 0.25) is 11.8 Å². The molecule has 4 amide bonds. The minimum absolute atomic E-state index is 0.113. The molecule has 1 fully saturated rings. The van der Waals surface area contributed by atoms with Gasteiger partial charge in [0.05, 0.1) is 13.7 Å². The predicted molar refractivity (Wildman–Crippen MR) is 118 cm³/mol. The molecule has 0 aromatic heterocycles. The molecule has 2 aromatic rings. The predicted octanol–water partition coefficient (Wildman–Crippen LogP) is 2.12. The maximum atomic E-state index is 12.5. The molecule has 1 aliphatic rings. The number of amides is 4. The van der Waals surface area contributed by atoms with Gasteiger partial charge in [-0.05, 0) is 36.2 Å². The number of methoxy groups -OCH3 is 1. The molecule has 0 atom stereocenters. The second kappa shape index (κ2) is 11.1. The molecule has 0 radical (unpaired) electrons. The lowest BCUT2D eigenvalue weighted by Gasteiger charge is -2.34. The molecule has 2 aromatic carbocycles. The Labute approximate surface area is 182 Å². The van der Waals surface area contributed by atoms with E-state index in [4.69, 9.17) is 4.74 Å². The van der Waals surface area contributed by atoms with Crippen molar-refractivity contribution in [2.45, 2.75) is 12.8 Å². The number of imide groups is 1. The Balaban J connectivity index is 1.35. The summed E-state index contributed by atoms with van der Waals surface area (Å²) in [6, 6.07) is 16.1. The number of carbonyl (C=O) groups is 3. The molecule has 1 saturated heterocycles. The molecule has 2 N–H and O–H groups in total. The van der Waals surface area contributed by atoms with E-state index in [1.807, 2.05) is 40.1 Å². The number of rotatable bonds is 7. The maximum absolute atomic E-state index is 12.5. The second-order valence-electron chi connectivity index (χ2n) is 7.37. The third-order valence-electron chi connectivity index (χ3n) is 5.16. The fraction of sp³-hybridized carbons (Fsp3) is 0.348. The summed E-state index contributed by atoms with van der Waals surface area (Å²) in [5.41, 5.74) is 1.72. The molecule has 1 heterocycles. The van der Waals surface area contributed by atoms with Crippen LogP contribution in [0.15, 0.2) is 54.6 Å². The topological polar surface area (TPSA) is 91.0 Å². The number of aryl methyl sites for hydroxylation is 1. The molecule has 3 rings (SSSR count). The van der Waals surface area contributed by atoms with Crippen LogP contribution in [0, 0.1) is 0 Å². The first-order valence-corrected chi connectivity index (χ1v) is 10.3. The minimum atomic E-state index is -0.552. The third-order valence-corrected chi connectivity index (χ3v) is 5.16. The van der Waals surface area contributed by atoms with E-state index in [9.17, 15) is 14.4 Å². The molecule has 0 spiro atoms. The smallest absolute Gasteiger partial charge is 0.325 e. The van der Waals surface area contributed by atoms with E-state index in [0.717, 1.165) is 11.3 Å². The van der Waals surface area contributed by atoms with Crippen LogP contribution in [0.4, 0.5) is 10.5 Å². The second-order valence-corrected chi connectivity index (χ2v) is 7.37. The summed E-state index contributed by atoms with van der Waals surface area (Å²) in [5, 5.41) is 4.95. The average molecular weight is 425 g/mol. The van der Waals surface area contributed by atoms with E-state index in [1.165, 1.54) is 0 Å². The summed E-state index contributed by atoms with van der Waals surface area (Å²) in [7, 11) is 1.63. The molecule has 164 valence electrons. The Bertz CT molecular complexity index is 878. The average Bonchev–Trinajstić information content (AvgIpc) is 2.78. The van der Waals surface area contributed by atoms with Crippen molar-refractivity contribution in [3.63, 3.8) is 0 Å². The van der Waals surface area contributed by atoms with Crippen LogP contribution in [0.5, 0.6) is 5.75 Å². The van der Waals surface area contributed by atoms with Gasteiger partial charge >= 0.3 is 6.03 Å². The maximum Gasteiger partial charge on any atom is 0.325 e. The van der Waals surface area contributed by atoms with Crippen molar-refractivity contribution in [2.75, 3.05) is 45.2 Å². The van der Waals surface area contributed by atoms with Crippen molar-refractivity contribution in [3.05, 3.63) is 60.2 Å². The van der Waals surface area contributed by atoms with Gasteiger partial charge in [-0.1, -0.05) is 30.3 Å². The lowest BCUT2D eigenvalue weighted by molar-refractivity contribution is -0.133. The van der Waals surface area contributed by atoms with Gasteiger partial charge in [-0.25, -0.2) is 4.79 Å². The first-order valence-electron chi connectivity index (χ1n) is 10.3. The lowest BCUT2D eigenvalue weighted by Crippen LogP contribution is -2.51. The zero-order valence-electron chi connectivity index (χ0n) is 17.7. The number of benzene rings is 2. The van der Waals surface area contributed by atoms with E-state index in [-0.39, 0.29) is 18.4 Å². The van der Waals surface area contributed by atoms with Crippen molar-refractivity contribution in [1.82, 2.24) is 15.1 Å². The molecule has 8 heteroatoms. The fourth-order valence-electron chi connectivity index (χ4n) is 3.41. The molecular formula is C23H28N4O4. The summed E-state index contributed by atoms with van der Waals surface area (Å²) in [4.78, 5) is 40.3. The summed E-state index contributed by atoms with van der Waals surface area (Å²) >= 11 is 0. The Hall–Kier alpha value is -3.39. The fourth-order valence-corrected chi connectivity index (χ4v) is 3.41. The molecular weight excluding hydrogens is 396 g/mol. The SMILES string of the molecule is COc1ccc(CCC(=O)N2CCN(CC(=O)NC(=O)Nc3ccccc3)CC2)cc1. The molecule has 0 saturated carbocycles. The zero-order chi connectivity index (χ0) is 22.1. The van der Waals surface area contributed by atoms with Gasteiger partial charge in [-0.3, -0.25) is 19.8 Å². The van der Waals surface area contributed by atoms with Crippen molar-refractivity contribution < 1.29 is 19.1 Å². The Morgan fingerprint density at radius 2 is 1.61 bits per heavy atom. The van der Waals surface area contributed by atoms with Gasteiger partial charge in [0.25, 0.3) is 0 Å². The number of para-hydroxylation sites is 1. The highest BCUT2D eigenvalue weighted by Gasteiger charge is 2.22. The van der Waals surface area contributed by atoms with Gasteiger partial charge in [-0.2, -0.15) is 0 Å². The van der Waals surface area contributed by atoms with Gasteiger partial charge in [0.1, 0.15) is 5.75 Å². The van der Waals surface area contributed by atoms with Crippen molar-refractivity contribution >= 4 is 23.5 Å². The lowest BCUT2D eigenvalue weighted by atomic mass is 10.1. The number of ether oxygens (including phenoxy) is 1. The summed E-state index contributed by atoms with van der Waals surface area (Å²) in [5.74, 6) is 0.544. The van der Waals surface area contributed by atoms with Crippen molar-refractivity contribution in [2.24, 2.45) is 0 Å². The number of piperazine rings is 1. The van der Waals surface area contributed by atoms with Crippen LogP contribution in [-0.4, -0.2) is 67.5 Å². The van der Waals surface area contributed by atoms with Gasteiger partial charge in [-0.15, -0.1) is 0 Å². The first-order chi connectivity index (χ1) is 15.0. The normalized spacial score (nSPS) is 14.0. The van der Waals surface area contributed by atoms with E-state index in [2.05, 4.69) is 10.6 Å². The number of carbonyl (C=O) groups excluding carboxylic acids is 3. The number of nitrogens with zero attached hydrogens (tertiary/aromatic N) is 2. The monoisotopic (exact) mass is 424 g/mol.